The fourth-order valence-corrected chi connectivity index (χ4v) is 8.94. The average Bonchev–Trinajstić information content (AvgIpc) is 3.48. The number of allylic oxidation sites excluding steroid dienone is 1. The van der Waals surface area contributed by atoms with Gasteiger partial charge in [0.25, 0.3) is 0 Å². The molecule has 0 amide bonds. The van der Waals surface area contributed by atoms with Crippen LogP contribution in [-0.2, 0) is 10.8 Å². The first kappa shape index (κ1) is 30.2. The summed E-state index contributed by atoms with van der Waals surface area (Å²) in [7, 11) is 0. The zero-order valence-electron chi connectivity index (χ0n) is 28.7. The highest BCUT2D eigenvalue weighted by molar-refractivity contribution is 5.92. The van der Waals surface area contributed by atoms with Gasteiger partial charge in [-0.2, -0.15) is 0 Å². The number of hydrogen-bond acceptors (Lipinski definition) is 1. The summed E-state index contributed by atoms with van der Waals surface area (Å²) in [5, 5.41) is 0. The van der Waals surface area contributed by atoms with E-state index in [2.05, 4.69) is 197 Å². The van der Waals surface area contributed by atoms with Gasteiger partial charge >= 0.3 is 0 Å². The Bertz CT molecular complexity index is 2440. The number of hydrogen-bond donors (Lipinski definition) is 0. The molecule has 0 spiro atoms. The standard InChI is InChI=1S/C49H38O/c1-4-17-38-33(2)30-31-43-46(38)40-24-11-12-26-41(40)49(43,36-21-9-6-10-22-36)37-23-15-18-34(32-37)39-25-16-29-45-47(39)48(3,35-19-7-5-8-20-35)42-27-13-14-28-44(42)50-45/h4-32H,1-3H3/b17-4-. The molecule has 9 rings (SSSR count). The van der Waals surface area contributed by atoms with Gasteiger partial charge in [0.15, 0.2) is 0 Å². The van der Waals surface area contributed by atoms with Crippen molar-refractivity contribution in [3.8, 4) is 33.8 Å². The topological polar surface area (TPSA) is 9.23 Å². The Balaban J connectivity index is 1.34. The van der Waals surface area contributed by atoms with Crippen molar-refractivity contribution in [1.82, 2.24) is 0 Å². The van der Waals surface area contributed by atoms with E-state index in [1.165, 1.54) is 72.3 Å². The first-order valence-corrected chi connectivity index (χ1v) is 17.6. The smallest absolute Gasteiger partial charge is 0.132 e. The van der Waals surface area contributed by atoms with Crippen LogP contribution >= 0.6 is 0 Å². The molecule has 1 heterocycles. The molecule has 0 radical (unpaired) electrons. The van der Waals surface area contributed by atoms with Crippen molar-refractivity contribution in [3.63, 3.8) is 0 Å². The highest BCUT2D eigenvalue weighted by Crippen LogP contribution is 2.59. The Labute approximate surface area is 295 Å². The summed E-state index contributed by atoms with van der Waals surface area (Å²) in [5.41, 5.74) is 15.4. The Morgan fingerprint density at radius 1 is 0.520 bits per heavy atom. The molecule has 0 bridgehead atoms. The number of ether oxygens (including phenoxy) is 1. The van der Waals surface area contributed by atoms with Crippen LogP contribution in [0.4, 0.5) is 0 Å². The van der Waals surface area contributed by atoms with Crippen LogP contribution in [0.25, 0.3) is 28.3 Å². The summed E-state index contributed by atoms with van der Waals surface area (Å²) < 4.78 is 6.71. The van der Waals surface area contributed by atoms with Crippen molar-refractivity contribution >= 4 is 6.08 Å². The molecule has 0 saturated carbocycles. The highest BCUT2D eigenvalue weighted by Gasteiger charge is 2.47. The van der Waals surface area contributed by atoms with Gasteiger partial charge in [0, 0.05) is 11.1 Å². The molecule has 0 N–H and O–H groups in total. The normalized spacial score (nSPS) is 18.5. The molecule has 1 aliphatic carbocycles. The molecule has 1 nitrogen and oxygen atoms in total. The lowest BCUT2D eigenvalue weighted by molar-refractivity contribution is 0.428. The molecule has 0 fully saturated rings. The highest BCUT2D eigenvalue weighted by atomic mass is 16.5. The fourth-order valence-electron chi connectivity index (χ4n) is 8.94. The number of fused-ring (bicyclic) bond motifs is 5. The average molecular weight is 643 g/mol. The van der Waals surface area contributed by atoms with E-state index < -0.39 is 10.8 Å². The summed E-state index contributed by atoms with van der Waals surface area (Å²) in [5.74, 6) is 1.81. The summed E-state index contributed by atoms with van der Waals surface area (Å²) in [6.45, 7) is 6.69. The molecule has 0 aromatic heterocycles. The van der Waals surface area contributed by atoms with Crippen LogP contribution in [0, 0.1) is 6.92 Å². The maximum absolute atomic E-state index is 6.71. The summed E-state index contributed by atoms with van der Waals surface area (Å²) >= 11 is 0. The minimum Gasteiger partial charge on any atom is -0.457 e. The van der Waals surface area contributed by atoms with E-state index in [1.807, 2.05) is 0 Å². The molecule has 7 aromatic carbocycles. The minimum absolute atomic E-state index is 0.430. The van der Waals surface area contributed by atoms with Crippen LogP contribution < -0.4 is 4.74 Å². The molecular weight excluding hydrogens is 605 g/mol. The third kappa shape index (κ3) is 4.20. The molecule has 2 aliphatic rings. The van der Waals surface area contributed by atoms with Crippen LogP contribution in [-0.4, -0.2) is 0 Å². The lowest BCUT2D eigenvalue weighted by Crippen LogP contribution is -2.30. The van der Waals surface area contributed by atoms with Gasteiger partial charge in [-0.3, -0.25) is 0 Å². The predicted octanol–water partition coefficient (Wildman–Crippen LogP) is 12.5. The zero-order valence-corrected chi connectivity index (χ0v) is 28.7. The van der Waals surface area contributed by atoms with Gasteiger partial charge in [-0.1, -0.05) is 158 Å². The van der Waals surface area contributed by atoms with Crippen molar-refractivity contribution < 1.29 is 4.74 Å². The van der Waals surface area contributed by atoms with E-state index in [0.717, 1.165) is 11.5 Å². The number of aryl methyl sites for hydroxylation is 1. The van der Waals surface area contributed by atoms with Gasteiger partial charge in [-0.15, -0.1) is 0 Å². The van der Waals surface area contributed by atoms with E-state index >= 15 is 0 Å². The summed E-state index contributed by atoms with van der Waals surface area (Å²) in [6, 6.07) is 60.0. The zero-order chi connectivity index (χ0) is 33.9. The van der Waals surface area contributed by atoms with E-state index in [1.54, 1.807) is 0 Å². The molecular formula is C49H38O. The minimum atomic E-state index is -0.506. The number of benzene rings is 7. The predicted molar refractivity (Wildman–Crippen MR) is 207 cm³/mol. The van der Waals surface area contributed by atoms with Gasteiger partial charge in [-0.05, 0) is 100 Å². The van der Waals surface area contributed by atoms with Crippen LogP contribution in [0.2, 0.25) is 0 Å². The molecule has 2 atom stereocenters. The molecule has 2 unspecified atom stereocenters. The van der Waals surface area contributed by atoms with Crippen molar-refractivity contribution in [3.05, 3.63) is 220 Å². The monoisotopic (exact) mass is 642 g/mol. The number of para-hydroxylation sites is 1. The lowest BCUT2D eigenvalue weighted by Gasteiger charge is -2.39. The van der Waals surface area contributed by atoms with E-state index in [9.17, 15) is 0 Å². The second-order valence-corrected chi connectivity index (χ2v) is 13.7. The summed E-state index contributed by atoms with van der Waals surface area (Å²) in [6.07, 6.45) is 4.44. The van der Waals surface area contributed by atoms with Crippen molar-refractivity contribution in [2.45, 2.75) is 31.6 Å². The van der Waals surface area contributed by atoms with Crippen LogP contribution in [0.5, 0.6) is 11.5 Å². The largest absolute Gasteiger partial charge is 0.457 e. The molecule has 50 heavy (non-hydrogen) atoms. The molecule has 1 aliphatic heterocycles. The van der Waals surface area contributed by atoms with Crippen molar-refractivity contribution in [1.29, 1.82) is 0 Å². The third-order valence-electron chi connectivity index (χ3n) is 11.1. The maximum atomic E-state index is 6.71. The Morgan fingerprint density at radius 2 is 1.14 bits per heavy atom. The van der Waals surface area contributed by atoms with Gasteiger partial charge in [0.1, 0.15) is 11.5 Å². The van der Waals surface area contributed by atoms with E-state index in [4.69, 9.17) is 4.74 Å². The van der Waals surface area contributed by atoms with Gasteiger partial charge in [0.05, 0.1) is 10.8 Å². The maximum Gasteiger partial charge on any atom is 0.132 e. The Kier molecular flexibility index (Phi) is 7.00. The molecule has 7 aromatic rings. The first-order chi connectivity index (χ1) is 24.6. The van der Waals surface area contributed by atoms with Crippen molar-refractivity contribution in [2.75, 3.05) is 0 Å². The third-order valence-corrected chi connectivity index (χ3v) is 11.1. The SMILES string of the molecule is C/C=C\c1c(C)ccc2c1-c1ccccc1C2(c1ccccc1)c1cccc(-c2cccc3c2C(C)(c2ccccc2)c2ccccc2O3)c1. The lowest BCUT2D eigenvalue weighted by atomic mass is 9.66. The van der Waals surface area contributed by atoms with Crippen molar-refractivity contribution in [2.24, 2.45) is 0 Å². The van der Waals surface area contributed by atoms with Gasteiger partial charge in [-0.25, -0.2) is 0 Å². The molecule has 240 valence electrons. The van der Waals surface area contributed by atoms with Crippen LogP contribution in [0.15, 0.2) is 170 Å². The van der Waals surface area contributed by atoms with E-state index in [-0.39, 0.29) is 0 Å². The Morgan fingerprint density at radius 3 is 1.92 bits per heavy atom. The first-order valence-electron chi connectivity index (χ1n) is 17.6. The molecule has 0 saturated heterocycles. The van der Waals surface area contributed by atoms with Gasteiger partial charge in [0.2, 0.25) is 0 Å². The van der Waals surface area contributed by atoms with Crippen LogP contribution in [0.1, 0.15) is 63.9 Å². The molecule has 1 heteroatoms. The fraction of sp³-hybridized carbons (Fsp3) is 0.102. The Hall–Kier alpha value is -5.92. The second-order valence-electron chi connectivity index (χ2n) is 13.7. The summed E-state index contributed by atoms with van der Waals surface area (Å²) in [4.78, 5) is 0. The van der Waals surface area contributed by atoms with E-state index in [0.29, 0.717) is 0 Å². The number of rotatable bonds is 5. The quantitative estimate of drug-likeness (QED) is 0.181. The second kappa shape index (κ2) is 11.6. The van der Waals surface area contributed by atoms with Crippen LogP contribution in [0.3, 0.4) is 0 Å². The van der Waals surface area contributed by atoms with Gasteiger partial charge < -0.3 is 4.74 Å².